The van der Waals surface area contributed by atoms with E-state index in [0.717, 1.165) is 5.56 Å². The zero-order chi connectivity index (χ0) is 12.7. The number of rotatable bonds is 5. The molecule has 17 heavy (non-hydrogen) atoms. The normalized spacial score (nSPS) is 11.6. The zero-order valence-electron chi connectivity index (χ0n) is 10.2. The van der Waals surface area contributed by atoms with E-state index in [1.807, 2.05) is 30.3 Å². The first kappa shape index (κ1) is 13.4. The number of hydrogen-bond acceptors (Lipinski definition) is 4. The molecule has 1 rings (SSSR count). The van der Waals surface area contributed by atoms with E-state index >= 15 is 0 Å². The van der Waals surface area contributed by atoms with Gasteiger partial charge in [0.15, 0.2) is 5.76 Å². The molecule has 0 aromatic heterocycles. The Labute approximate surface area is 101 Å². The van der Waals surface area contributed by atoms with Crippen molar-refractivity contribution in [2.75, 3.05) is 14.2 Å². The summed E-state index contributed by atoms with van der Waals surface area (Å²) in [7, 11) is 2.97. The minimum atomic E-state index is -0.695. The highest BCUT2D eigenvalue weighted by atomic mass is 16.7. The maximum atomic E-state index is 11.0. The minimum Gasteiger partial charge on any atom is -0.426 e. The topological polar surface area (TPSA) is 44.8 Å². The van der Waals surface area contributed by atoms with E-state index < -0.39 is 12.3 Å². The summed E-state index contributed by atoms with van der Waals surface area (Å²) in [6.45, 7) is 1.33. The average Bonchev–Trinajstić information content (AvgIpc) is 2.31. The highest BCUT2D eigenvalue weighted by molar-refractivity contribution is 5.69. The molecule has 0 heterocycles. The van der Waals surface area contributed by atoms with E-state index in [0.29, 0.717) is 5.76 Å². The van der Waals surface area contributed by atoms with Crippen LogP contribution < -0.4 is 0 Å². The fourth-order valence-corrected chi connectivity index (χ4v) is 1.35. The summed E-state index contributed by atoms with van der Waals surface area (Å²) in [5, 5.41) is 0. The molecule has 0 bridgehead atoms. The first-order valence-electron chi connectivity index (χ1n) is 5.18. The summed E-state index contributed by atoms with van der Waals surface area (Å²) in [5.74, 6) is -0.0834. The third-order valence-electron chi connectivity index (χ3n) is 2.03. The summed E-state index contributed by atoms with van der Waals surface area (Å²) in [6.07, 6.45) is 1.01. The van der Waals surface area contributed by atoms with E-state index in [4.69, 9.17) is 14.2 Å². The van der Waals surface area contributed by atoms with Crippen LogP contribution in [0.2, 0.25) is 0 Å². The standard InChI is InChI=1S/C13H16O4/c1-10(14)17-12(13(15-2)16-3)9-11-7-5-4-6-8-11/h4-9,13H,1-3H3/b12-9+. The highest BCUT2D eigenvalue weighted by Gasteiger charge is 2.16. The van der Waals surface area contributed by atoms with Crippen molar-refractivity contribution in [2.24, 2.45) is 0 Å². The molecule has 0 fully saturated rings. The van der Waals surface area contributed by atoms with Gasteiger partial charge in [-0.3, -0.25) is 4.79 Å². The molecule has 0 unspecified atom stereocenters. The Hall–Kier alpha value is -1.65. The lowest BCUT2D eigenvalue weighted by molar-refractivity contribution is -0.147. The third-order valence-corrected chi connectivity index (χ3v) is 2.03. The number of ether oxygens (including phenoxy) is 3. The largest absolute Gasteiger partial charge is 0.426 e. The van der Waals surface area contributed by atoms with Gasteiger partial charge in [0.1, 0.15) is 0 Å². The molecule has 0 amide bonds. The van der Waals surface area contributed by atoms with Gasteiger partial charge >= 0.3 is 5.97 Å². The highest BCUT2D eigenvalue weighted by Crippen LogP contribution is 2.14. The second kappa shape index (κ2) is 6.83. The van der Waals surface area contributed by atoms with Crippen LogP contribution in [0, 0.1) is 0 Å². The van der Waals surface area contributed by atoms with Crippen molar-refractivity contribution in [2.45, 2.75) is 13.2 Å². The van der Waals surface area contributed by atoms with Gasteiger partial charge in [0.25, 0.3) is 0 Å². The molecule has 0 N–H and O–H groups in total. The summed E-state index contributed by atoms with van der Waals surface area (Å²) in [6, 6.07) is 9.49. The van der Waals surface area contributed by atoms with Crippen molar-refractivity contribution in [3.63, 3.8) is 0 Å². The summed E-state index contributed by atoms with van der Waals surface area (Å²) in [4.78, 5) is 11.0. The first-order chi connectivity index (χ1) is 8.17. The van der Waals surface area contributed by atoms with Gasteiger partial charge in [0.2, 0.25) is 6.29 Å². The molecule has 0 spiro atoms. The second-order valence-corrected chi connectivity index (χ2v) is 3.35. The van der Waals surface area contributed by atoms with Crippen molar-refractivity contribution < 1.29 is 19.0 Å². The molecule has 0 saturated heterocycles. The SMILES string of the molecule is COC(OC)/C(=C\c1ccccc1)OC(C)=O. The smallest absolute Gasteiger partial charge is 0.307 e. The molecular formula is C13H16O4. The predicted molar refractivity (Wildman–Crippen MR) is 64.0 cm³/mol. The molecule has 4 heteroatoms. The lowest BCUT2D eigenvalue weighted by Gasteiger charge is -2.16. The van der Waals surface area contributed by atoms with Gasteiger partial charge in [-0.05, 0) is 11.6 Å². The number of carbonyl (C=O) groups is 1. The summed E-state index contributed by atoms with van der Waals surface area (Å²) >= 11 is 0. The van der Waals surface area contributed by atoms with Gasteiger partial charge in [-0.1, -0.05) is 30.3 Å². The average molecular weight is 236 g/mol. The van der Waals surface area contributed by atoms with Crippen molar-refractivity contribution in [3.8, 4) is 0 Å². The number of methoxy groups -OCH3 is 2. The fraction of sp³-hybridized carbons (Fsp3) is 0.308. The summed E-state index contributed by atoms with van der Waals surface area (Å²) < 4.78 is 15.2. The van der Waals surface area contributed by atoms with E-state index in [2.05, 4.69) is 0 Å². The van der Waals surface area contributed by atoms with Crippen LogP contribution >= 0.6 is 0 Å². The number of hydrogen-bond donors (Lipinski definition) is 0. The molecular weight excluding hydrogens is 220 g/mol. The van der Waals surface area contributed by atoms with Crippen LogP contribution in [0.15, 0.2) is 36.1 Å². The summed E-state index contributed by atoms with van der Waals surface area (Å²) in [5.41, 5.74) is 0.905. The van der Waals surface area contributed by atoms with Gasteiger partial charge in [0.05, 0.1) is 0 Å². The van der Waals surface area contributed by atoms with Gasteiger partial charge in [-0.2, -0.15) is 0 Å². The lowest BCUT2D eigenvalue weighted by Crippen LogP contribution is -2.19. The van der Waals surface area contributed by atoms with E-state index in [1.54, 1.807) is 6.08 Å². The molecule has 0 atom stereocenters. The van der Waals surface area contributed by atoms with Crippen LogP contribution in [0.1, 0.15) is 12.5 Å². The van der Waals surface area contributed by atoms with Crippen molar-refractivity contribution in [1.82, 2.24) is 0 Å². The lowest BCUT2D eigenvalue weighted by atomic mass is 10.2. The molecule has 4 nitrogen and oxygen atoms in total. The van der Waals surface area contributed by atoms with Crippen molar-refractivity contribution >= 4 is 12.0 Å². The number of carbonyl (C=O) groups excluding carboxylic acids is 1. The number of esters is 1. The molecule has 92 valence electrons. The van der Waals surface area contributed by atoms with Gasteiger partial charge in [-0.25, -0.2) is 0 Å². The monoisotopic (exact) mass is 236 g/mol. The Morgan fingerprint density at radius 3 is 2.24 bits per heavy atom. The van der Waals surface area contributed by atoms with E-state index in [1.165, 1.54) is 21.1 Å². The molecule has 0 aliphatic heterocycles. The van der Waals surface area contributed by atoms with Crippen LogP contribution in [-0.4, -0.2) is 26.5 Å². The van der Waals surface area contributed by atoms with E-state index in [9.17, 15) is 4.79 Å². The van der Waals surface area contributed by atoms with Crippen molar-refractivity contribution in [3.05, 3.63) is 41.7 Å². The van der Waals surface area contributed by atoms with Gasteiger partial charge < -0.3 is 14.2 Å². The van der Waals surface area contributed by atoms with Crippen molar-refractivity contribution in [1.29, 1.82) is 0 Å². The Kier molecular flexibility index (Phi) is 5.39. The van der Waals surface area contributed by atoms with Crippen LogP contribution in [0.4, 0.5) is 0 Å². The molecule has 0 aliphatic rings. The molecule has 0 saturated carbocycles. The van der Waals surface area contributed by atoms with Crippen LogP contribution in [0.25, 0.3) is 6.08 Å². The third kappa shape index (κ3) is 4.38. The second-order valence-electron chi connectivity index (χ2n) is 3.35. The Morgan fingerprint density at radius 1 is 1.18 bits per heavy atom. The molecule has 0 aliphatic carbocycles. The Bertz CT molecular complexity index is 380. The first-order valence-corrected chi connectivity index (χ1v) is 5.18. The number of benzene rings is 1. The van der Waals surface area contributed by atoms with E-state index in [-0.39, 0.29) is 0 Å². The zero-order valence-corrected chi connectivity index (χ0v) is 10.2. The Morgan fingerprint density at radius 2 is 1.76 bits per heavy atom. The minimum absolute atomic E-state index is 0.328. The van der Waals surface area contributed by atoms with Crippen LogP contribution in [-0.2, 0) is 19.0 Å². The molecule has 1 aromatic carbocycles. The van der Waals surface area contributed by atoms with Crippen LogP contribution in [0.3, 0.4) is 0 Å². The quantitative estimate of drug-likeness (QED) is 0.446. The van der Waals surface area contributed by atoms with Gasteiger partial charge in [-0.15, -0.1) is 0 Å². The maximum Gasteiger partial charge on any atom is 0.307 e. The predicted octanol–water partition coefficient (Wildman–Crippen LogP) is 2.21. The molecule has 1 aromatic rings. The van der Waals surface area contributed by atoms with Gasteiger partial charge in [0, 0.05) is 21.1 Å². The van der Waals surface area contributed by atoms with Crippen LogP contribution in [0.5, 0.6) is 0 Å². The fourth-order valence-electron chi connectivity index (χ4n) is 1.35. The molecule has 0 radical (unpaired) electrons. The Balaban J connectivity index is 2.96. The maximum absolute atomic E-state index is 11.0.